The van der Waals surface area contributed by atoms with Crippen LogP contribution in [0, 0.1) is 0 Å². The number of carbonyl (C=O) groups excluding carboxylic acids is 1. The van der Waals surface area contributed by atoms with Gasteiger partial charge in [0.05, 0.1) is 6.54 Å². The van der Waals surface area contributed by atoms with Gasteiger partial charge in [-0.3, -0.25) is 4.68 Å². The van der Waals surface area contributed by atoms with Crippen LogP contribution in [0.3, 0.4) is 0 Å². The second-order valence-electron chi connectivity index (χ2n) is 3.92. The maximum absolute atomic E-state index is 11.5. The van der Waals surface area contributed by atoms with Gasteiger partial charge >= 0.3 is 6.03 Å². The molecule has 0 radical (unpaired) electrons. The van der Waals surface area contributed by atoms with Crippen LogP contribution in [0.4, 0.5) is 4.79 Å². The topological polar surface area (TPSA) is 50.2 Å². The molecule has 82 valence electrons. The van der Waals surface area contributed by atoms with E-state index in [1.54, 1.807) is 6.20 Å². The standard InChI is InChI=1S/C10H16N4O/c1-9(8-14-7-2-4-11-14)12-10(15)13-5-3-6-13/h2,4,7,9H,3,5-6,8H2,1H3,(H,12,15)/t9-/m1/s1. The highest BCUT2D eigenvalue weighted by atomic mass is 16.2. The van der Waals surface area contributed by atoms with E-state index in [0.29, 0.717) is 6.54 Å². The molecule has 0 unspecified atom stereocenters. The smallest absolute Gasteiger partial charge is 0.317 e. The number of amides is 2. The van der Waals surface area contributed by atoms with Crippen molar-refractivity contribution in [3.05, 3.63) is 18.5 Å². The molecule has 2 heterocycles. The fourth-order valence-corrected chi connectivity index (χ4v) is 1.56. The van der Waals surface area contributed by atoms with Crippen molar-refractivity contribution in [1.82, 2.24) is 20.0 Å². The number of likely N-dealkylation sites (tertiary alicyclic amines) is 1. The molecule has 0 bridgehead atoms. The quantitative estimate of drug-likeness (QED) is 0.794. The molecule has 1 aromatic heterocycles. The van der Waals surface area contributed by atoms with Crippen LogP contribution in [0.15, 0.2) is 18.5 Å². The number of rotatable bonds is 3. The molecule has 0 spiro atoms. The van der Waals surface area contributed by atoms with Gasteiger partial charge < -0.3 is 10.2 Å². The fourth-order valence-electron chi connectivity index (χ4n) is 1.56. The van der Waals surface area contributed by atoms with E-state index in [1.807, 2.05) is 28.8 Å². The van der Waals surface area contributed by atoms with Gasteiger partial charge in [0.25, 0.3) is 0 Å². The maximum Gasteiger partial charge on any atom is 0.317 e. The Morgan fingerprint density at radius 3 is 2.93 bits per heavy atom. The Labute approximate surface area is 89.1 Å². The van der Waals surface area contributed by atoms with Crippen LogP contribution in [-0.4, -0.2) is 39.8 Å². The minimum atomic E-state index is 0.0425. The summed E-state index contributed by atoms with van der Waals surface area (Å²) >= 11 is 0. The summed E-state index contributed by atoms with van der Waals surface area (Å²) in [6.45, 7) is 4.48. The lowest BCUT2D eigenvalue weighted by Crippen LogP contribution is -2.50. The van der Waals surface area contributed by atoms with Gasteiger partial charge in [-0.05, 0) is 19.4 Å². The van der Waals surface area contributed by atoms with Crippen LogP contribution in [-0.2, 0) is 6.54 Å². The van der Waals surface area contributed by atoms with Crippen LogP contribution in [0.5, 0.6) is 0 Å². The lowest BCUT2D eigenvalue weighted by Gasteiger charge is -2.32. The first kappa shape index (κ1) is 10.0. The number of nitrogens with zero attached hydrogens (tertiary/aromatic N) is 3. The van der Waals surface area contributed by atoms with E-state index in [0.717, 1.165) is 19.5 Å². The third-order valence-corrected chi connectivity index (χ3v) is 2.53. The van der Waals surface area contributed by atoms with E-state index in [4.69, 9.17) is 0 Å². The molecule has 1 aliphatic heterocycles. The Hall–Kier alpha value is -1.52. The molecule has 2 rings (SSSR count). The number of nitrogens with one attached hydrogen (secondary N) is 1. The summed E-state index contributed by atoms with van der Waals surface area (Å²) in [5, 5.41) is 7.04. The van der Waals surface area contributed by atoms with E-state index in [9.17, 15) is 4.79 Å². The van der Waals surface area contributed by atoms with E-state index < -0.39 is 0 Å². The number of urea groups is 1. The summed E-state index contributed by atoms with van der Waals surface area (Å²) in [6.07, 6.45) is 4.76. The molecule has 15 heavy (non-hydrogen) atoms. The fraction of sp³-hybridized carbons (Fsp3) is 0.600. The minimum absolute atomic E-state index is 0.0425. The van der Waals surface area contributed by atoms with Gasteiger partial charge in [0.15, 0.2) is 0 Å². The van der Waals surface area contributed by atoms with Gasteiger partial charge in [-0.1, -0.05) is 0 Å². The summed E-state index contributed by atoms with van der Waals surface area (Å²) in [5.41, 5.74) is 0. The molecule has 0 saturated carbocycles. The van der Waals surface area contributed by atoms with Crippen molar-refractivity contribution in [3.63, 3.8) is 0 Å². The molecular weight excluding hydrogens is 192 g/mol. The monoisotopic (exact) mass is 208 g/mol. The van der Waals surface area contributed by atoms with Crippen molar-refractivity contribution in [1.29, 1.82) is 0 Å². The molecule has 1 N–H and O–H groups in total. The molecule has 2 amide bonds. The molecular formula is C10H16N4O. The van der Waals surface area contributed by atoms with Crippen LogP contribution in [0.25, 0.3) is 0 Å². The zero-order valence-electron chi connectivity index (χ0n) is 8.89. The Bertz CT molecular complexity index is 318. The van der Waals surface area contributed by atoms with Gasteiger partial charge in [-0.25, -0.2) is 4.79 Å². The highest BCUT2D eigenvalue weighted by Crippen LogP contribution is 2.05. The number of hydrogen-bond donors (Lipinski definition) is 1. The predicted octanol–water partition coefficient (Wildman–Crippen LogP) is 0.687. The second-order valence-corrected chi connectivity index (χ2v) is 3.92. The van der Waals surface area contributed by atoms with Crippen LogP contribution < -0.4 is 5.32 Å². The summed E-state index contributed by atoms with van der Waals surface area (Å²) in [6, 6.07) is 2.03. The first-order valence-corrected chi connectivity index (χ1v) is 5.28. The Morgan fingerprint density at radius 1 is 1.60 bits per heavy atom. The second kappa shape index (κ2) is 4.33. The number of aromatic nitrogens is 2. The molecule has 5 nitrogen and oxygen atoms in total. The minimum Gasteiger partial charge on any atom is -0.334 e. The summed E-state index contributed by atoms with van der Waals surface area (Å²) in [5.74, 6) is 0. The molecule has 1 fully saturated rings. The van der Waals surface area contributed by atoms with Crippen molar-refractivity contribution in [2.45, 2.75) is 25.9 Å². The molecule has 1 saturated heterocycles. The van der Waals surface area contributed by atoms with Gasteiger partial charge in [0.1, 0.15) is 0 Å². The van der Waals surface area contributed by atoms with Crippen LogP contribution in [0.2, 0.25) is 0 Å². The zero-order valence-corrected chi connectivity index (χ0v) is 8.89. The van der Waals surface area contributed by atoms with Crippen LogP contribution in [0.1, 0.15) is 13.3 Å². The van der Waals surface area contributed by atoms with Gasteiger partial charge in [-0.15, -0.1) is 0 Å². The largest absolute Gasteiger partial charge is 0.334 e. The van der Waals surface area contributed by atoms with Crippen LogP contribution >= 0.6 is 0 Å². The molecule has 5 heteroatoms. The maximum atomic E-state index is 11.5. The SMILES string of the molecule is C[C@H](Cn1cccn1)NC(=O)N1CCC1. The first-order valence-electron chi connectivity index (χ1n) is 5.28. The van der Waals surface area contributed by atoms with Gasteiger partial charge in [0, 0.05) is 31.5 Å². The Morgan fingerprint density at radius 2 is 2.40 bits per heavy atom. The van der Waals surface area contributed by atoms with Crippen molar-refractivity contribution >= 4 is 6.03 Å². The molecule has 1 aliphatic rings. The van der Waals surface area contributed by atoms with E-state index in [-0.39, 0.29) is 12.1 Å². The number of hydrogen-bond acceptors (Lipinski definition) is 2. The predicted molar refractivity (Wildman–Crippen MR) is 56.4 cm³/mol. The molecule has 0 aromatic carbocycles. The average molecular weight is 208 g/mol. The Kier molecular flexibility index (Phi) is 2.89. The third-order valence-electron chi connectivity index (χ3n) is 2.53. The Balaban J connectivity index is 1.76. The third kappa shape index (κ3) is 2.49. The number of carbonyl (C=O) groups is 1. The highest BCUT2D eigenvalue weighted by molar-refractivity contribution is 5.75. The molecule has 0 aliphatic carbocycles. The van der Waals surface area contributed by atoms with Crippen molar-refractivity contribution in [2.24, 2.45) is 0 Å². The van der Waals surface area contributed by atoms with Crippen molar-refractivity contribution < 1.29 is 4.79 Å². The lowest BCUT2D eigenvalue weighted by atomic mass is 10.2. The highest BCUT2D eigenvalue weighted by Gasteiger charge is 2.21. The van der Waals surface area contributed by atoms with Crippen molar-refractivity contribution in [3.8, 4) is 0 Å². The first-order chi connectivity index (χ1) is 7.25. The average Bonchev–Trinajstić information content (AvgIpc) is 2.52. The van der Waals surface area contributed by atoms with Gasteiger partial charge in [0.2, 0.25) is 0 Å². The van der Waals surface area contributed by atoms with Gasteiger partial charge in [-0.2, -0.15) is 5.10 Å². The normalized spacial score (nSPS) is 17.0. The lowest BCUT2D eigenvalue weighted by molar-refractivity contribution is 0.163. The summed E-state index contributed by atoms with van der Waals surface area (Å²) < 4.78 is 1.82. The zero-order chi connectivity index (χ0) is 10.7. The van der Waals surface area contributed by atoms with Crippen molar-refractivity contribution in [2.75, 3.05) is 13.1 Å². The van der Waals surface area contributed by atoms with E-state index in [1.165, 1.54) is 0 Å². The summed E-state index contributed by atoms with van der Waals surface area (Å²) in [4.78, 5) is 13.4. The summed E-state index contributed by atoms with van der Waals surface area (Å²) in [7, 11) is 0. The molecule has 1 aromatic rings. The molecule has 1 atom stereocenters. The van der Waals surface area contributed by atoms with E-state index >= 15 is 0 Å². The van der Waals surface area contributed by atoms with E-state index in [2.05, 4.69) is 10.4 Å².